The molecular weight excluding hydrogens is 338 g/mol. The first kappa shape index (κ1) is 15.8. The number of imidazole rings is 1. The molecule has 0 amide bonds. The van der Waals surface area contributed by atoms with Crippen LogP contribution in [-0.2, 0) is 16.4 Å². The monoisotopic (exact) mass is 355 g/mol. The van der Waals surface area contributed by atoms with E-state index >= 15 is 0 Å². The first-order chi connectivity index (χ1) is 11.9. The standard InChI is InChI=1S/C18H17N3O3S/c1-12-19-15-11-13(18-20-14-5-3-4-6-17(14)24-18)7-8-16(15)21(12)9-10-25(2,22)23/h3-8,11H,9-10H2,1-2H3. The van der Waals surface area contributed by atoms with Crippen LogP contribution in [0.15, 0.2) is 46.9 Å². The minimum absolute atomic E-state index is 0.0895. The van der Waals surface area contributed by atoms with Crippen LogP contribution in [0, 0.1) is 6.92 Å². The molecule has 0 aliphatic heterocycles. The molecule has 4 rings (SSSR count). The van der Waals surface area contributed by atoms with E-state index in [4.69, 9.17) is 4.42 Å². The van der Waals surface area contributed by atoms with Crippen LogP contribution < -0.4 is 0 Å². The van der Waals surface area contributed by atoms with Gasteiger partial charge in [0.2, 0.25) is 5.89 Å². The van der Waals surface area contributed by atoms with Gasteiger partial charge in [0, 0.05) is 18.4 Å². The van der Waals surface area contributed by atoms with Gasteiger partial charge in [-0.3, -0.25) is 0 Å². The van der Waals surface area contributed by atoms with Crippen molar-refractivity contribution in [3.8, 4) is 11.5 Å². The average molecular weight is 355 g/mol. The number of sulfone groups is 1. The van der Waals surface area contributed by atoms with Crippen LogP contribution >= 0.6 is 0 Å². The number of benzene rings is 2. The SMILES string of the molecule is Cc1nc2cc(-c3nc4ccccc4o3)ccc2n1CCS(C)(=O)=O. The number of rotatable bonds is 4. The smallest absolute Gasteiger partial charge is 0.227 e. The van der Waals surface area contributed by atoms with E-state index in [2.05, 4.69) is 9.97 Å². The van der Waals surface area contributed by atoms with Crippen LogP contribution in [0.25, 0.3) is 33.6 Å². The Bertz CT molecular complexity index is 1160. The van der Waals surface area contributed by atoms with Crippen molar-refractivity contribution in [2.75, 3.05) is 12.0 Å². The van der Waals surface area contributed by atoms with E-state index < -0.39 is 9.84 Å². The fourth-order valence-electron chi connectivity index (χ4n) is 2.92. The molecule has 0 spiro atoms. The molecule has 0 aliphatic carbocycles. The van der Waals surface area contributed by atoms with Crippen molar-refractivity contribution in [3.63, 3.8) is 0 Å². The Hall–Kier alpha value is -2.67. The summed E-state index contributed by atoms with van der Waals surface area (Å²) in [6.07, 6.45) is 1.24. The molecule has 0 fully saturated rings. The van der Waals surface area contributed by atoms with Gasteiger partial charge in [-0.1, -0.05) is 12.1 Å². The quantitative estimate of drug-likeness (QED) is 0.562. The zero-order chi connectivity index (χ0) is 17.6. The van der Waals surface area contributed by atoms with E-state index in [1.54, 1.807) is 0 Å². The van der Waals surface area contributed by atoms with Crippen LogP contribution in [0.4, 0.5) is 0 Å². The Balaban J connectivity index is 1.76. The van der Waals surface area contributed by atoms with Crippen LogP contribution in [0.2, 0.25) is 0 Å². The normalized spacial score (nSPS) is 12.2. The summed E-state index contributed by atoms with van der Waals surface area (Å²) in [7, 11) is -3.03. The van der Waals surface area contributed by atoms with Gasteiger partial charge in [0.25, 0.3) is 0 Å². The topological polar surface area (TPSA) is 78.0 Å². The first-order valence-corrected chi connectivity index (χ1v) is 9.97. The van der Waals surface area contributed by atoms with Crippen molar-refractivity contribution in [2.45, 2.75) is 13.5 Å². The summed E-state index contributed by atoms with van der Waals surface area (Å²) in [5, 5.41) is 0. The summed E-state index contributed by atoms with van der Waals surface area (Å²) in [6.45, 7) is 2.27. The fraction of sp³-hybridized carbons (Fsp3) is 0.222. The van der Waals surface area contributed by atoms with E-state index in [-0.39, 0.29) is 5.75 Å². The van der Waals surface area contributed by atoms with Gasteiger partial charge in [-0.05, 0) is 37.3 Å². The second-order valence-corrected chi connectivity index (χ2v) is 8.39. The third-order valence-electron chi connectivity index (χ3n) is 4.17. The Morgan fingerprint density at radius 1 is 1.08 bits per heavy atom. The van der Waals surface area contributed by atoms with Gasteiger partial charge in [-0.25, -0.2) is 18.4 Å². The van der Waals surface area contributed by atoms with Gasteiger partial charge in [0.05, 0.1) is 16.8 Å². The number of hydrogen-bond donors (Lipinski definition) is 0. The van der Waals surface area contributed by atoms with Gasteiger partial charge in [0.15, 0.2) is 5.58 Å². The van der Waals surface area contributed by atoms with Crippen LogP contribution in [0.1, 0.15) is 5.82 Å². The van der Waals surface area contributed by atoms with Gasteiger partial charge in [0.1, 0.15) is 21.2 Å². The highest BCUT2D eigenvalue weighted by atomic mass is 32.2. The van der Waals surface area contributed by atoms with Crippen molar-refractivity contribution in [3.05, 3.63) is 48.3 Å². The zero-order valence-electron chi connectivity index (χ0n) is 13.9. The summed E-state index contributed by atoms with van der Waals surface area (Å²) in [5.74, 6) is 1.42. The molecule has 0 saturated carbocycles. The predicted octanol–water partition coefficient (Wildman–Crippen LogP) is 3.20. The van der Waals surface area contributed by atoms with Crippen LogP contribution in [0.3, 0.4) is 0 Å². The highest BCUT2D eigenvalue weighted by molar-refractivity contribution is 7.90. The lowest BCUT2D eigenvalue weighted by atomic mass is 10.2. The van der Waals surface area contributed by atoms with Gasteiger partial charge >= 0.3 is 0 Å². The molecule has 0 atom stereocenters. The molecule has 0 bridgehead atoms. The van der Waals surface area contributed by atoms with Crippen LogP contribution in [-0.4, -0.2) is 35.0 Å². The van der Waals surface area contributed by atoms with Gasteiger partial charge < -0.3 is 8.98 Å². The molecule has 0 N–H and O–H groups in total. The first-order valence-electron chi connectivity index (χ1n) is 7.91. The van der Waals surface area contributed by atoms with Crippen molar-refractivity contribution >= 4 is 32.0 Å². The summed E-state index contributed by atoms with van der Waals surface area (Å²) in [5.41, 5.74) is 4.10. The second-order valence-electron chi connectivity index (χ2n) is 6.13. The number of hydrogen-bond acceptors (Lipinski definition) is 5. The lowest BCUT2D eigenvalue weighted by Gasteiger charge is -2.05. The van der Waals surface area contributed by atoms with E-state index in [1.165, 1.54) is 6.26 Å². The predicted molar refractivity (Wildman–Crippen MR) is 97.2 cm³/mol. The van der Waals surface area contributed by atoms with Gasteiger partial charge in [-0.15, -0.1) is 0 Å². The minimum atomic E-state index is -3.03. The van der Waals surface area contributed by atoms with Gasteiger partial charge in [-0.2, -0.15) is 0 Å². The van der Waals surface area contributed by atoms with E-state index in [1.807, 2.05) is 54.0 Å². The largest absolute Gasteiger partial charge is 0.436 e. The van der Waals surface area contributed by atoms with E-state index in [0.29, 0.717) is 12.4 Å². The molecule has 2 aromatic heterocycles. The highest BCUT2D eigenvalue weighted by Gasteiger charge is 2.13. The third kappa shape index (κ3) is 3.02. The van der Waals surface area contributed by atoms with Crippen LogP contribution in [0.5, 0.6) is 0 Å². The summed E-state index contributed by atoms with van der Waals surface area (Å²) in [4.78, 5) is 9.06. The average Bonchev–Trinajstić information content (AvgIpc) is 3.11. The maximum absolute atomic E-state index is 11.4. The third-order valence-corrected chi connectivity index (χ3v) is 5.09. The molecular formula is C18H17N3O3S. The number of aryl methyl sites for hydroxylation is 2. The number of para-hydroxylation sites is 2. The lowest BCUT2D eigenvalue weighted by molar-refractivity contribution is 0.594. The lowest BCUT2D eigenvalue weighted by Crippen LogP contribution is -2.12. The van der Waals surface area contributed by atoms with E-state index in [9.17, 15) is 8.42 Å². The molecule has 2 aromatic carbocycles. The Kier molecular flexibility index (Phi) is 3.61. The molecule has 4 aromatic rings. The summed E-state index contributed by atoms with van der Waals surface area (Å²) < 4.78 is 30.6. The molecule has 25 heavy (non-hydrogen) atoms. The minimum Gasteiger partial charge on any atom is -0.436 e. The number of aromatic nitrogens is 3. The molecule has 0 saturated heterocycles. The number of nitrogens with zero attached hydrogens (tertiary/aromatic N) is 3. The molecule has 2 heterocycles. The Morgan fingerprint density at radius 3 is 2.64 bits per heavy atom. The van der Waals surface area contributed by atoms with Crippen molar-refractivity contribution in [2.24, 2.45) is 0 Å². The Morgan fingerprint density at radius 2 is 1.88 bits per heavy atom. The maximum Gasteiger partial charge on any atom is 0.227 e. The highest BCUT2D eigenvalue weighted by Crippen LogP contribution is 2.27. The number of fused-ring (bicyclic) bond motifs is 2. The van der Waals surface area contributed by atoms with Crippen molar-refractivity contribution < 1.29 is 12.8 Å². The van der Waals surface area contributed by atoms with Crippen molar-refractivity contribution in [1.82, 2.24) is 14.5 Å². The van der Waals surface area contributed by atoms with E-state index in [0.717, 1.165) is 33.5 Å². The molecule has 0 radical (unpaired) electrons. The zero-order valence-corrected chi connectivity index (χ0v) is 14.7. The summed E-state index contributed by atoms with van der Waals surface area (Å²) >= 11 is 0. The second kappa shape index (κ2) is 5.70. The molecule has 7 heteroatoms. The molecule has 0 unspecified atom stereocenters. The molecule has 6 nitrogen and oxygen atoms in total. The fourth-order valence-corrected chi connectivity index (χ4v) is 3.43. The molecule has 0 aliphatic rings. The number of oxazole rings is 1. The Labute approximate surface area is 145 Å². The summed E-state index contributed by atoms with van der Waals surface area (Å²) in [6, 6.07) is 13.4. The maximum atomic E-state index is 11.4. The molecule has 128 valence electrons. The van der Waals surface area contributed by atoms with Crippen molar-refractivity contribution in [1.29, 1.82) is 0 Å².